The predicted molar refractivity (Wildman–Crippen MR) is 179 cm³/mol. The number of halogens is 2. The van der Waals surface area contributed by atoms with Gasteiger partial charge in [-0.2, -0.15) is 0 Å². The number of benzene rings is 4. The minimum atomic E-state index is -4.91. The van der Waals surface area contributed by atoms with E-state index in [1.807, 2.05) is 0 Å². The second-order valence-corrected chi connectivity index (χ2v) is 33.8. The van der Waals surface area contributed by atoms with Crippen LogP contribution in [0.4, 0.5) is 0 Å². The molecule has 0 aromatic heterocycles. The molecule has 0 N–H and O–H groups in total. The SMILES string of the molecule is CC(C1=C[CH]([Zr]([Cl])([Cl])(=[C]2CCCC2)[CH]2C=C(C(C)c3ccccc3)c3ccccc32)c2ccccc21)c1ccccc1. The zero-order valence-electron chi connectivity index (χ0n) is 24.4. The first-order valence-corrected chi connectivity index (χ1v) is 25.9. The molecule has 0 heterocycles. The molecule has 0 bridgehead atoms. The van der Waals surface area contributed by atoms with Crippen LogP contribution >= 0.6 is 17.0 Å². The van der Waals surface area contributed by atoms with Crippen LogP contribution in [0.1, 0.15) is 92.0 Å². The van der Waals surface area contributed by atoms with E-state index in [9.17, 15) is 0 Å². The van der Waals surface area contributed by atoms with E-state index in [1.54, 1.807) is 0 Å². The van der Waals surface area contributed by atoms with Crippen molar-refractivity contribution in [3.8, 4) is 0 Å². The number of allylic oxidation sites excluding steroid dienone is 4. The maximum atomic E-state index is 8.55. The Morgan fingerprint density at radius 3 is 1.36 bits per heavy atom. The predicted octanol–water partition coefficient (Wildman–Crippen LogP) is 11.6. The van der Waals surface area contributed by atoms with E-state index in [0.717, 1.165) is 12.8 Å². The topological polar surface area (TPSA) is 0 Å². The molecule has 4 unspecified atom stereocenters. The van der Waals surface area contributed by atoms with Crippen molar-refractivity contribution in [2.45, 2.75) is 58.6 Å². The molecule has 7 rings (SSSR count). The van der Waals surface area contributed by atoms with Gasteiger partial charge in [-0.3, -0.25) is 0 Å². The zero-order valence-corrected chi connectivity index (χ0v) is 28.4. The van der Waals surface area contributed by atoms with Gasteiger partial charge in [0.1, 0.15) is 0 Å². The van der Waals surface area contributed by atoms with Crippen LogP contribution in [0.2, 0.25) is 0 Å². The number of rotatable bonds is 6. The molecule has 4 aromatic carbocycles. The monoisotopic (exact) mass is 666 g/mol. The first-order valence-electron chi connectivity index (χ1n) is 15.5. The van der Waals surface area contributed by atoms with E-state index in [2.05, 4.69) is 135 Å². The maximum absolute atomic E-state index is 8.55. The van der Waals surface area contributed by atoms with Crippen LogP contribution in [-0.2, 0) is 15.9 Å². The van der Waals surface area contributed by atoms with Gasteiger partial charge in [-0.15, -0.1) is 0 Å². The third-order valence-corrected chi connectivity index (χ3v) is 31.7. The van der Waals surface area contributed by atoms with Crippen LogP contribution in [0.25, 0.3) is 11.1 Å². The molecule has 3 heteroatoms. The van der Waals surface area contributed by atoms with E-state index in [1.165, 1.54) is 60.6 Å². The van der Waals surface area contributed by atoms with Crippen LogP contribution in [-0.4, -0.2) is 3.21 Å². The van der Waals surface area contributed by atoms with Gasteiger partial charge in [-0.1, -0.05) is 0 Å². The van der Waals surface area contributed by atoms with E-state index in [-0.39, 0.29) is 19.1 Å². The standard InChI is InChI=1S/2C17H15.C5H8.2ClH.Zr/c2*1-13(14-7-3-2-4-8-14)16-12-11-15-9-5-6-10-17(15)16;1-2-4-5-3-1;;;/h2*2-13H,1H3;1-4H2;2*1H;/q;;;;;+2/p-2. The van der Waals surface area contributed by atoms with Crippen molar-refractivity contribution >= 4 is 31.4 Å². The molecule has 1 fully saturated rings. The Bertz CT molecular complexity index is 1650. The number of fused-ring (bicyclic) bond motifs is 2. The summed E-state index contributed by atoms with van der Waals surface area (Å²) in [5, 5.41) is 0. The van der Waals surface area contributed by atoms with Crippen molar-refractivity contribution in [1.29, 1.82) is 0 Å². The molecule has 0 nitrogen and oxygen atoms in total. The summed E-state index contributed by atoms with van der Waals surface area (Å²) in [5.74, 6) is 0.525. The van der Waals surface area contributed by atoms with Crippen LogP contribution in [0.3, 0.4) is 0 Å². The van der Waals surface area contributed by atoms with Crippen LogP contribution in [0.5, 0.6) is 0 Å². The van der Waals surface area contributed by atoms with Gasteiger partial charge in [-0.25, -0.2) is 0 Å². The summed E-state index contributed by atoms with van der Waals surface area (Å²) in [6, 6.07) is 39.7. The molecule has 0 radical (unpaired) electrons. The Labute approximate surface area is 258 Å². The molecule has 4 aromatic rings. The van der Waals surface area contributed by atoms with E-state index in [0.29, 0.717) is 0 Å². The van der Waals surface area contributed by atoms with Gasteiger partial charge in [0, 0.05) is 0 Å². The van der Waals surface area contributed by atoms with Crippen LogP contribution in [0.15, 0.2) is 121 Å². The van der Waals surface area contributed by atoms with Crippen LogP contribution < -0.4 is 0 Å². The molecular formula is C39H38Cl2Zr. The molecular weight excluding hydrogens is 631 g/mol. The van der Waals surface area contributed by atoms with Crippen molar-refractivity contribution in [2.75, 3.05) is 0 Å². The van der Waals surface area contributed by atoms with Crippen molar-refractivity contribution in [3.63, 3.8) is 0 Å². The first kappa shape index (κ1) is 28.5. The summed E-state index contributed by atoms with van der Waals surface area (Å²) in [7, 11) is 17.1. The van der Waals surface area contributed by atoms with Gasteiger partial charge in [0.05, 0.1) is 0 Å². The molecule has 212 valence electrons. The van der Waals surface area contributed by atoms with Crippen molar-refractivity contribution in [2.24, 2.45) is 0 Å². The minimum absolute atomic E-state index is 0.0425. The van der Waals surface area contributed by atoms with Gasteiger partial charge < -0.3 is 0 Å². The van der Waals surface area contributed by atoms with Crippen LogP contribution in [0, 0.1) is 0 Å². The first-order chi connectivity index (χ1) is 20.4. The molecule has 4 atom stereocenters. The fourth-order valence-electron chi connectivity index (χ4n) is 8.17. The molecule has 0 amide bonds. The number of hydrogen-bond donors (Lipinski definition) is 0. The van der Waals surface area contributed by atoms with Gasteiger partial charge >= 0.3 is 261 Å². The average Bonchev–Trinajstić information content (AvgIpc) is 3.80. The van der Waals surface area contributed by atoms with Crippen molar-refractivity contribution in [1.82, 2.24) is 0 Å². The Morgan fingerprint density at radius 2 is 0.929 bits per heavy atom. The molecule has 0 aliphatic heterocycles. The van der Waals surface area contributed by atoms with E-state index < -0.39 is 15.9 Å². The molecule has 0 saturated heterocycles. The molecule has 3 aliphatic rings. The zero-order chi connectivity index (χ0) is 28.9. The third-order valence-electron chi connectivity index (χ3n) is 10.5. The van der Waals surface area contributed by atoms with Gasteiger partial charge in [0.15, 0.2) is 0 Å². The number of hydrogen-bond acceptors (Lipinski definition) is 0. The van der Waals surface area contributed by atoms with Gasteiger partial charge in [-0.05, 0) is 0 Å². The fourth-order valence-corrected chi connectivity index (χ4v) is 27.4. The fraction of sp³-hybridized carbons (Fsp3) is 0.256. The molecule has 42 heavy (non-hydrogen) atoms. The van der Waals surface area contributed by atoms with Gasteiger partial charge in [0.25, 0.3) is 0 Å². The quantitative estimate of drug-likeness (QED) is 0.192. The molecule has 0 spiro atoms. The second-order valence-electron chi connectivity index (χ2n) is 12.6. The third kappa shape index (κ3) is 4.46. The summed E-state index contributed by atoms with van der Waals surface area (Å²) in [4.78, 5) is 0. The average molecular weight is 669 g/mol. The Hall–Kier alpha value is -2.31. The van der Waals surface area contributed by atoms with E-state index in [4.69, 9.17) is 17.0 Å². The second kappa shape index (κ2) is 11.0. The van der Waals surface area contributed by atoms with Crippen molar-refractivity contribution in [3.05, 3.63) is 155 Å². The molecule has 1 saturated carbocycles. The van der Waals surface area contributed by atoms with Gasteiger partial charge in [0.2, 0.25) is 0 Å². The summed E-state index contributed by atoms with van der Waals surface area (Å²) in [6.45, 7) is 4.67. The Morgan fingerprint density at radius 1 is 0.548 bits per heavy atom. The summed E-state index contributed by atoms with van der Waals surface area (Å²) >= 11 is -4.91. The summed E-state index contributed by atoms with van der Waals surface area (Å²) in [5.41, 5.74) is 10.7. The molecule has 3 aliphatic carbocycles. The summed E-state index contributed by atoms with van der Waals surface area (Å²) < 4.78 is 1.58. The Balaban J connectivity index is 1.46. The van der Waals surface area contributed by atoms with E-state index >= 15 is 0 Å². The Kier molecular flexibility index (Phi) is 7.45. The normalized spacial score (nSPS) is 21.4. The van der Waals surface area contributed by atoms with Crippen molar-refractivity contribution < 1.29 is 15.9 Å². The summed E-state index contributed by atoms with van der Waals surface area (Å²) in [6.07, 6.45) is 9.54.